The molecule has 5 heteroatoms. The molecule has 2 aromatic rings. The molecule has 1 aromatic carbocycles. The highest BCUT2D eigenvalue weighted by molar-refractivity contribution is 5.91. The van der Waals surface area contributed by atoms with Crippen LogP contribution in [0.25, 0.3) is 6.08 Å². The number of ether oxygens (including phenoxy) is 1. The molecule has 0 fully saturated rings. The van der Waals surface area contributed by atoms with E-state index in [0.717, 1.165) is 17.5 Å². The van der Waals surface area contributed by atoms with Crippen molar-refractivity contribution in [3.05, 3.63) is 59.9 Å². The first-order valence-corrected chi connectivity index (χ1v) is 7.76. The molecule has 1 amide bonds. The van der Waals surface area contributed by atoms with Crippen molar-refractivity contribution in [2.45, 2.75) is 19.4 Å². The number of rotatable bonds is 8. The van der Waals surface area contributed by atoms with Crippen LogP contribution in [-0.2, 0) is 16.6 Å². The lowest BCUT2D eigenvalue weighted by Gasteiger charge is -2.13. The van der Waals surface area contributed by atoms with Crippen LogP contribution in [0.5, 0.6) is 0 Å². The van der Waals surface area contributed by atoms with Gasteiger partial charge in [0.25, 0.3) is 0 Å². The first-order chi connectivity index (χ1) is 11.1. The van der Waals surface area contributed by atoms with Crippen LogP contribution in [0.15, 0.2) is 48.8 Å². The van der Waals surface area contributed by atoms with Gasteiger partial charge in [0.05, 0.1) is 12.3 Å². The standard InChI is InChI=1S/C18H23N3O2/c1-15(17-7-4-3-5-8-17)23-12-6-11-19-18(22)10-9-16-13-20-21(2)14-16/h3-5,7-10,13-15H,6,11-12H2,1-2H3,(H,19,22)/b10-9+/t15-/m1/s1. The van der Waals surface area contributed by atoms with E-state index in [2.05, 4.69) is 22.5 Å². The van der Waals surface area contributed by atoms with Gasteiger partial charge in [0.2, 0.25) is 5.91 Å². The number of nitrogens with one attached hydrogen (secondary N) is 1. The molecule has 0 spiro atoms. The highest BCUT2D eigenvalue weighted by Crippen LogP contribution is 2.15. The molecule has 2 rings (SSSR count). The van der Waals surface area contributed by atoms with Gasteiger partial charge in [-0.05, 0) is 25.0 Å². The average molecular weight is 313 g/mol. The zero-order valence-corrected chi connectivity index (χ0v) is 13.6. The Morgan fingerprint density at radius 2 is 2.17 bits per heavy atom. The van der Waals surface area contributed by atoms with Gasteiger partial charge in [0, 0.05) is 38.0 Å². The summed E-state index contributed by atoms with van der Waals surface area (Å²) in [7, 11) is 1.84. The molecule has 0 aliphatic carbocycles. The van der Waals surface area contributed by atoms with E-state index >= 15 is 0 Å². The third-order valence-electron chi connectivity index (χ3n) is 3.41. The lowest BCUT2D eigenvalue weighted by molar-refractivity contribution is -0.116. The van der Waals surface area contributed by atoms with Gasteiger partial charge in [-0.25, -0.2) is 0 Å². The molecule has 5 nitrogen and oxygen atoms in total. The Bertz CT molecular complexity index is 635. The van der Waals surface area contributed by atoms with Crippen LogP contribution in [-0.4, -0.2) is 28.8 Å². The smallest absolute Gasteiger partial charge is 0.244 e. The van der Waals surface area contributed by atoms with Gasteiger partial charge in [-0.15, -0.1) is 0 Å². The van der Waals surface area contributed by atoms with Crippen molar-refractivity contribution in [1.82, 2.24) is 15.1 Å². The number of hydrogen-bond donors (Lipinski definition) is 1. The monoisotopic (exact) mass is 313 g/mol. The second-order valence-electron chi connectivity index (χ2n) is 5.35. The topological polar surface area (TPSA) is 56.1 Å². The number of aryl methyl sites for hydroxylation is 1. The molecule has 1 atom stereocenters. The van der Waals surface area contributed by atoms with Crippen molar-refractivity contribution >= 4 is 12.0 Å². The summed E-state index contributed by atoms with van der Waals surface area (Å²) in [6.45, 7) is 3.24. The summed E-state index contributed by atoms with van der Waals surface area (Å²) in [5.74, 6) is -0.107. The number of benzene rings is 1. The molecule has 0 saturated heterocycles. The van der Waals surface area contributed by atoms with E-state index in [1.165, 1.54) is 6.08 Å². The van der Waals surface area contributed by atoms with E-state index in [1.54, 1.807) is 17.0 Å². The van der Waals surface area contributed by atoms with Crippen LogP contribution in [0.3, 0.4) is 0 Å². The van der Waals surface area contributed by atoms with E-state index in [9.17, 15) is 4.79 Å². The second kappa shape index (κ2) is 8.90. The van der Waals surface area contributed by atoms with Gasteiger partial charge in [0.1, 0.15) is 0 Å². The number of carbonyl (C=O) groups is 1. The third-order valence-corrected chi connectivity index (χ3v) is 3.41. The largest absolute Gasteiger partial charge is 0.374 e. The molecule has 0 radical (unpaired) electrons. The Morgan fingerprint density at radius 1 is 1.39 bits per heavy atom. The molecule has 0 unspecified atom stereocenters. The predicted octanol–water partition coefficient (Wildman–Crippen LogP) is 2.72. The van der Waals surface area contributed by atoms with Crippen molar-refractivity contribution in [2.75, 3.05) is 13.2 Å². The zero-order chi connectivity index (χ0) is 16.5. The average Bonchev–Trinajstić information content (AvgIpc) is 2.98. The van der Waals surface area contributed by atoms with Crippen LogP contribution in [0.4, 0.5) is 0 Å². The number of amides is 1. The normalized spacial score (nSPS) is 12.4. The van der Waals surface area contributed by atoms with Gasteiger partial charge < -0.3 is 10.1 Å². The summed E-state index contributed by atoms with van der Waals surface area (Å²) in [5.41, 5.74) is 2.07. The molecular formula is C18H23N3O2. The van der Waals surface area contributed by atoms with E-state index in [1.807, 2.05) is 38.4 Å². The molecule has 0 bridgehead atoms. The summed E-state index contributed by atoms with van der Waals surface area (Å²) >= 11 is 0. The van der Waals surface area contributed by atoms with Crippen LogP contribution >= 0.6 is 0 Å². The Hall–Kier alpha value is -2.40. The molecule has 1 N–H and O–H groups in total. The Morgan fingerprint density at radius 3 is 2.87 bits per heavy atom. The second-order valence-corrected chi connectivity index (χ2v) is 5.35. The molecule has 1 aromatic heterocycles. The first kappa shape index (κ1) is 17.0. The summed E-state index contributed by atoms with van der Waals surface area (Å²) in [4.78, 5) is 11.7. The Labute approximate surface area is 137 Å². The first-order valence-electron chi connectivity index (χ1n) is 7.76. The highest BCUT2D eigenvalue weighted by atomic mass is 16.5. The molecule has 0 aliphatic rings. The summed E-state index contributed by atoms with van der Waals surface area (Å²) in [5, 5.41) is 6.88. The van der Waals surface area contributed by atoms with Crippen molar-refractivity contribution < 1.29 is 9.53 Å². The maximum atomic E-state index is 11.7. The zero-order valence-electron chi connectivity index (χ0n) is 13.6. The van der Waals surface area contributed by atoms with Gasteiger partial charge in [-0.2, -0.15) is 5.10 Å². The van der Waals surface area contributed by atoms with Crippen LogP contribution < -0.4 is 5.32 Å². The van der Waals surface area contributed by atoms with Crippen molar-refractivity contribution in [2.24, 2.45) is 7.05 Å². The van der Waals surface area contributed by atoms with Gasteiger partial charge in [0.15, 0.2) is 0 Å². The maximum Gasteiger partial charge on any atom is 0.244 e. The fourth-order valence-electron chi connectivity index (χ4n) is 2.12. The molecule has 0 aliphatic heterocycles. The highest BCUT2D eigenvalue weighted by Gasteiger charge is 2.04. The predicted molar refractivity (Wildman–Crippen MR) is 90.7 cm³/mol. The minimum absolute atomic E-state index is 0.0670. The SMILES string of the molecule is C[C@@H](OCCCNC(=O)/C=C/c1cnn(C)c1)c1ccccc1. The van der Waals surface area contributed by atoms with E-state index in [-0.39, 0.29) is 12.0 Å². The number of hydrogen-bond acceptors (Lipinski definition) is 3. The lowest BCUT2D eigenvalue weighted by atomic mass is 10.1. The van der Waals surface area contributed by atoms with Crippen molar-refractivity contribution in [3.63, 3.8) is 0 Å². The molecule has 23 heavy (non-hydrogen) atoms. The molecule has 1 heterocycles. The van der Waals surface area contributed by atoms with E-state index < -0.39 is 0 Å². The van der Waals surface area contributed by atoms with Gasteiger partial charge in [-0.3, -0.25) is 9.48 Å². The Kier molecular flexibility index (Phi) is 6.56. The third kappa shape index (κ3) is 6.08. The van der Waals surface area contributed by atoms with Crippen molar-refractivity contribution in [3.8, 4) is 0 Å². The number of aromatic nitrogens is 2. The number of nitrogens with zero attached hydrogens (tertiary/aromatic N) is 2. The van der Waals surface area contributed by atoms with Gasteiger partial charge in [-0.1, -0.05) is 30.3 Å². The fourth-order valence-corrected chi connectivity index (χ4v) is 2.12. The molecular weight excluding hydrogens is 290 g/mol. The minimum Gasteiger partial charge on any atom is -0.374 e. The Balaban J connectivity index is 1.60. The van der Waals surface area contributed by atoms with Gasteiger partial charge >= 0.3 is 0 Å². The molecule has 122 valence electrons. The van der Waals surface area contributed by atoms with E-state index in [4.69, 9.17) is 4.74 Å². The fraction of sp³-hybridized carbons (Fsp3) is 0.333. The lowest BCUT2D eigenvalue weighted by Crippen LogP contribution is -2.23. The summed E-state index contributed by atoms with van der Waals surface area (Å²) < 4.78 is 7.46. The summed E-state index contributed by atoms with van der Waals surface area (Å²) in [6.07, 6.45) is 7.67. The summed E-state index contributed by atoms with van der Waals surface area (Å²) in [6, 6.07) is 10.1. The van der Waals surface area contributed by atoms with E-state index in [0.29, 0.717) is 13.2 Å². The van der Waals surface area contributed by atoms with Crippen LogP contribution in [0, 0.1) is 0 Å². The van der Waals surface area contributed by atoms with Crippen molar-refractivity contribution in [1.29, 1.82) is 0 Å². The van der Waals surface area contributed by atoms with Crippen LogP contribution in [0.1, 0.15) is 30.6 Å². The maximum absolute atomic E-state index is 11.7. The van der Waals surface area contributed by atoms with Crippen LogP contribution in [0.2, 0.25) is 0 Å². The molecule has 0 saturated carbocycles. The quantitative estimate of drug-likeness (QED) is 0.602. The minimum atomic E-state index is -0.107. The number of carbonyl (C=O) groups excluding carboxylic acids is 1.